The standard InChI is InChI=1S/C12H21NO/c1-3-12(14)13(2)10-9-11-7-5-4-6-8-11/h3,11H,1,4-10H2,2H3. The van der Waals surface area contributed by atoms with Gasteiger partial charge in [-0.2, -0.15) is 0 Å². The summed E-state index contributed by atoms with van der Waals surface area (Å²) in [4.78, 5) is 13.0. The molecule has 0 bridgehead atoms. The Hall–Kier alpha value is -0.790. The van der Waals surface area contributed by atoms with Crippen molar-refractivity contribution >= 4 is 5.91 Å². The van der Waals surface area contributed by atoms with Crippen LogP contribution in [0.15, 0.2) is 12.7 Å². The molecule has 0 N–H and O–H groups in total. The number of nitrogens with zero attached hydrogens (tertiary/aromatic N) is 1. The van der Waals surface area contributed by atoms with E-state index in [2.05, 4.69) is 6.58 Å². The number of rotatable bonds is 4. The van der Waals surface area contributed by atoms with Gasteiger partial charge in [0.2, 0.25) is 5.91 Å². The SMILES string of the molecule is C=CC(=O)N(C)CCC1CCCCC1. The van der Waals surface area contributed by atoms with Gasteiger partial charge < -0.3 is 4.90 Å². The van der Waals surface area contributed by atoms with E-state index in [4.69, 9.17) is 0 Å². The van der Waals surface area contributed by atoms with E-state index < -0.39 is 0 Å². The Morgan fingerprint density at radius 1 is 1.43 bits per heavy atom. The van der Waals surface area contributed by atoms with Gasteiger partial charge in [-0.05, 0) is 18.4 Å². The number of hydrogen-bond donors (Lipinski definition) is 0. The van der Waals surface area contributed by atoms with Gasteiger partial charge in [0.15, 0.2) is 0 Å². The van der Waals surface area contributed by atoms with Crippen LogP contribution in [0.25, 0.3) is 0 Å². The van der Waals surface area contributed by atoms with E-state index in [1.165, 1.54) is 38.2 Å². The number of carbonyl (C=O) groups is 1. The quantitative estimate of drug-likeness (QED) is 0.631. The number of amides is 1. The topological polar surface area (TPSA) is 20.3 Å². The van der Waals surface area contributed by atoms with Crippen LogP contribution in [0.5, 0.6) is 0 Å². The molecule has 80 valence electrons. The lowest BCUT2D eigenvalue weighted by atomic mass is 9.87. The number of hydrogen-bond acceptors (Lipinski definition) is 1. The van der Waals surface area contributed by atoms with Gasteiger partial charge in [0, 0.05) is 13.6 Å². The lowest BCUT2D eigenvalue weighted by Gasteiger charge is -2.24. The fraction of sp³-hybridized carbons (Fsp3) is 0.750. The van der Waals surface area contributed by atoms with Crippen molar-refractivity contribution in [1.82, 2.24) is 4.90 Å². The van der Waals surface area contributed by atoms with E-state index >= 15 is 0 Å². The summed E-state index contributed by atoms with van der Waals surface area (Å²) in [6.07, 6.45) is 9.43. The zero-order valence-corrected chi connectivity index (χ0v) is 9.17. The fourth-order valence-electron chi connectivity index (χ4n) is 2.12. The highest BCUT2D eigenvalue weighted by molar-refractivity contribution is 5.86. The van der Waals surface area contributed by atoms with Crippen molar-refractivity contribution in [3.8, 4) is 0 Å². The lowest BCUT2D eigenvalue weighted by molar-refractivity contribution is -0.124. The van der Waals surface area contributed by atoms with E-state index in [1.807, 2.05) is 7.05 Å². The van der Waals surface area contributed by atoms with Crippen molar-refractivity contribution in [2.45, 2.75) is 38.5 Å². The molecule has 1 aliphatic rings. The predicted octanol–water partition coefficient (Wildman–Crippen LogP) is 2.60. The minimum atomic E-state index is 0.0424. The third-order valence-corrected chi connectivity index (χ3v) is 3.15. The minimum absolute atomic E-state index is 0.0424. The maximum Gasteiger partial charge on any atom is 0.245 e. The molecule has 0 aromatic rings. The van der Waals surface area contributed by atoms with E-state index in [1.54, 1.807) is 4.90 Å². The molecule has 1 fully saturated rings. The summed E-state index contributed by atoms with van der Waals surface area (Å²) in [5.74, 6) is 0.893. The van der Waals surface area contributed by atoms with E-state index in [0.717, 1.165) is 18.9 Å². The van der Waals surface area contributed by atoms with E-state index in [-0.39, 0.29) is 5.91 Å². The summed E-state index contributed by atoms with van der Waals surface area (Å²) in [5, 5.41) is 0. The summed E-state index contributed by atoms with van der Waals surface area (Å²) >= 11 is 0. The Labute approximate surface area is 87.0 Å². The van der Waals surface area contributed by atoms with Gasteiger partial charge in [-0.3, -0.25) is 4.79 Å². The van der Waals surface area contributed by atoms with Gasteiger partial charge in [-0.1, -0.05) is 38.7 Å². The monoisotopic (exact) mass is 195 g/mol. The summed E-state index contributed by atoms with van der Waals surface area (Å²) in [6.45, 7) is 4.37. The molecule has 2 nitrogen and oxygen atoms in total. The third-order valence-electron chi connectivity index (χ3n) is 3.15. The van der Waals surface area contributed by atoms with Crippen LogP contribution in [-0.4, -0.2) is 24.4 Å². The Morgan fingerprint density at radius 3 is 2.64 bits per heavy atom. The molecule has 14 heavy (non-hydrogen) atoms. The molecule has 1 saturated carbocycles. The van der Waals surface area contributed by atoms with Crippen LogP contribution >= 0.6 is 0 Å². The molecular formula is C12H21NO. The van der Waals surface area contributed by atoms with Crippen molar-refractivity contribution in [2.24, 2.45) is 5.92 Å². The van der Waals surface area contributed by atoms with E-state index in [0.29, 0.717) is 0 Å². The first-order chi connectivity index (χ1) is 6.74. The highest BCUT2D eigenvalue weighted by atomic mass is 16.2. The lowest BCUT2D eigenvalue weighted by Crippen LogP contribution is -2.27. The number of likely N-dealkylation sites (N-methyl/N-ethyl adjacent to an activating group) is 1. The van der Waals surface area contributed by atoms with Gasteiger partial charge in [0.1, 0.15) is 0 Å². The Balaban J connectivity index is 2.18. The maximum atomic E-state index is 11.2. The van der Waals surface area contributed by atoms with Crippen LogP contribution in [0.3, 0.4) is 0 Å². The third kappa shape index (κ3) is 3.52. The molecule has 0 heterocycles. The van der Waals surface area contributed by atoms with Crippen LogP contribution < -0.4 is 0 Å². The molecule has 0 aromatic heterocycles. The van der Waals surface area contributed by atoms with E-state index in [9.17, 15) is 4.79 Å². The minimum Gasteiger partial charge on any atom is -0.342 e. The zero-order chi connectivity index (χ0) is 10.4. The zero-order valence-electron chi connectivity index (χ0n) is 9.17. The second kappa shape index (κ2) is 5.84. The van der Waals surface area contributed by atoms with Crippen LogP contribution in [0, 0.1) is 5.92 Å². The van der Waals surface area contributed by atoms with Gasteiger partial charge in [0.05, 0.1) is 0 Å². The molecule has 2 heteroatoms. The van der Waals surface area contributed by atoms with Crippen LogP contribution in [0.4, 0.5) is 0 Å². The fourth-order valence-corrected chi connectivity index (χ4v) is 2.12. The highest BCUT2D eigenvalue weighted by Gasteiger charge is 2.14. The molecule has 0 radical (unpaired) electrons. The Bertz CT molecular complexity index is 194. The molecule has 1 rings (SSSR count). The predicted molar refractivity (Wildman–Crippen MR) is 59.0 cm³/mol. The summed E-state index contributed by atoms with van der Waals surface area (Å²) in [5.41, 5.74) is 0. The molecule has 0 aromatic carbocycles. The largest absolute Gasteiger partial charge is 0.342 e. The summed E-state index contributed by atoms with van der Waals surface area (Å²) in [7, 11) is 1.85. The summed E-state index contributed by atoms with van der Waals surface area (Å²) in [6, 6.07) is 0. The van der Waals surface area contributed by atoms with Crippen molar-refractivity contribution in [3.05, 3.63) is 12.7 Å². The molecule has 1 aliphatic carbocycles. The first-order valence-corrected chi connectivity index (χ1v) is 5.61. The van der Waals surface area contributed by atoms with Gasteiger partial charge >= 0.3 is 0 Å². The average molecular weight is 195 g/mol. The molecule has 0 unspecified atom stereocenters. The van der Waals surface area contributed by atoms with Gasteiger partial charge in [0.25, 0.3) is 0 Å². The number of carbonyl (C=O) groups excluding carboxylic acids is 1. The Kier molecular flexibility index (Phi) is 4.71. The van der Waals surface area contributed by atoms with Crippen LogP contribution in [-0.2, 0) is 4.79 Å². The first-order valence-electron chi connectivity index (χ1n) is 5.61. The normalized spacial score (nSPS) is 17.8. The van der Waals surface area contributed by atoms with Gasteiger partial charge in [-0.15, -0.1) is 0 Å². The Morgan fingerprint density at radius 2 is 2.07 bits per heavy atom. The molecule has 0 aliphatic heterocycles. The smallest absolute Gasteiger partial charge is 0.245 e. The maximum absolute atomic E-state index is 11.2. The first kappa shape index (κ1) is 11.3. The molecule has 0 spiro atoms. The molecule has 0 atom stereocenters. The second-order valence-electron chi connectivity index (χ2n) is 4.26. The van der Waals surface area contributed by atoms with Crippen molar-refractivity contribution in [2.75, 3.05) is 13.6 Å². The van der Waals surface area contributed by atoms with Crippen LogP contribution in [0.2, 0.25) is 0 Å². The summed E-state index contributed by atoms with van der Waals surface area (Å²) < 4.78 is 0. The molecule has 1 amide bonds. The van der Waals surface area contributed by atoms with Crippen molar-refractivity contribution < 1.29 is 4.79 Å². The van der Waals surface area contributed by atoms with Crippen molar-refractivity contribution in [3.63, 3.8) is 0 Å². The average Bonchev–Trinajstić information content (AvgIpc) is 2.26. The highest BCUT2D eigenvalue weighted by Crippen LogP contribution is 2.26. The van der Waals surface area contributed by atoms with Crippen LogP contribution in [0.1, 0.15) is 38.5 Å². The van der Waals surface area contributed by atoms with Crippen molar-refractivity contribution in [1.29, 1.82) is 0 Å². The molecule has 0 saturated heterocycles. The van der Waals surface area contributed by atoms with Gasteiger partial charge in [-0.25, -0.2) is 0 Å². The molecular weight excluding hydrogens is 174 g/mol. The second-order valence-corrected chi connectivity index (χ2v) is 4.26.